The number of hydrogen-bond acceptors (Lipinski definition) is 4. The van der Waals surface area contributed by atoms with Crippen molar-refractivity contribution in [2.75, 3.05) is 10.6 Å². The van der Waals surface area contributed by atoms with Gasteiger partial charge in [-0.2, -0.15) is 0 Å². The molecule has 0 saturated carbocycles. The lowest BCUT2D eigenvalue weighted by atomic mass is 10.2. The molecule has 7 heteroatoms. The van der Waals surface area contributed by atoms with E-state index in [4.69, 9.17) is 0 Å². The Morgan fingerprint density at radius 3 is 2.81 bits per heavy atom. The fourth-order valence-electron chi connectivity index (χ4n) is 1.10. The zero-order chi connectivity index (χ0) is 12.1. The summed E-state index contributed by atoms with van der Waals surface area (Å²) in [6.45, 7) is 0. The molecule has 0 bridgehead atoms. The van der Waals surface area contributed by atoms with Crippen LogP contribution in [0.2, 0.25) is 0 Å². The first-order valence-electron chi connectivity index (χ1n) is 4.38. The molecule has 0 saturated heterocycles. The first-order valence-corrected chi connectivity index (χ1v) is 5.50. The quantitative estimate of drug-likeness (QED) is 0.384. The van der Waals surface area contributed by atoms with Crippen LogP contribution in [0.15, 0.2) is 18.2 Å². The average molecular weight is 289 g/mol. The van der Waals surface area contributed by atoms with Crippen molar-refractivity contribution in [2.45, 2.75) is 6.42 Å². The van der Waals surface area contributed by atoms with Crippen molar-refractivity contribution >= 4 is 33.2 Å². The Hall–Kier alpha value is -1.63. The first kappa shape index (κ1) is 12.4. The lowest BCUT2D eigenvalue weighted by molar-refractivity contribution is -0.384. The van der Waals surface area contributed by atoms with Crippen LogP contribution in [0.1, 0.15) is 6.42 Å². The Morgan fingerprint density at radius 2 is 2.25 bits per heavy atom. The highest BCUT2D eigenvalue weighted by Gasteiger charge is 2.18. The van der Waals surface area contributed by atoms with Gasteiger partial charge in [0.05, 0.1) is 4.92 Å². The normalized spacial score (nSPS) is 9.81. The fraction of sp³-hybridized carbons (Fsp3) is 0.222. The summed E-state index contributed by atoms with van der Waals surface area (Å²) in [5.41, 5.74) is -0.499. The zero-order valence-corrected chi connectivity index (χ0v) is 9.73. The number of alkyl halides is 1. The van der Waals surface area contributed by atoms with Crippen LogP contribution >= 0.6 is 15.9 Å². The third-order valence-electron chi connectivity index (χ3n) is 1.80. The number of phenols is 1. The summed E-state index contributed by atoms with van der Waals surface area (Å²) in [4.78, 5) is 21.2. The van der Waals surface area contributed by atoms with Gasteiger partial charge in [-0.05, 0) is 6.07 Å². The smallest absolute Gasteiger partial charge is 0.296 e. The van der Waals surface area contributed by atoms with E-state index in [1.165, 1.54) is 18.2 Å². The number of phenolic OH excluding ortho intramolecular Hbond substituents is 1. The van der Waals surface area contributed by atoms with Crippen molar-refractivity contribution in [3.8, 4) is 5.75 Å². The molecule has 0 aliphatic carbocycles. The number of rotatable bonds is 4. The molecule has 2 N–H and O–H groups in total. The molecular formula is C9H9BrN2O4. The zero-order valence-electron chi connectivity index (χ0n) is 8.14. The van der Waals surface area contributed by atoms with E-state index < -0.39 is 10.8 Å². The van der Waals surface area contributed by atoms with Crippen molar-refractivity contribution in [2.24, 2.45) is 0 Å². The van der Waals surface area contributed by atoms with Crippen LogP contribution in [0.25, 0.3) is 0 Å². The Balaban J connectivity index is 3.01. The number of halogens is 1. The molecule has 0 heterocycles. The summed E-state index contributed by atoms with van der Waals surface area (Å²) >= 11 is 3.07. The SMILES string of the molecule is O=C(CCBr)Nc1c(O)cccc1[N+](=O)[O-]. The number of nitrogens with one attached hydrogen (secondary N) is 1. The Kier molecular flexibility index (Phi) is 4.24. The second-order valence-electron chi connectivity index (χ2n) is 2.92. The highest BCUT2D eigenvalue weighted by atomic mass is 79.9. The number of carbonyl (C=O) groups is 1. The highest BCUT2D eigenvalue weighted by Crippen LogP contribution is 2.33. The minimum Gasteiger partial charge on any atom is -0.505 e. The van der Waals surface area contributed by atoms with E-state index in [1.54, 1.807) is 0 Å². The Labute approximate surface area is 99.6 Å². The van der Waals surface area contributed by atoms with Crippen LogP contribution in [0.5, 0.6) is 5.75 Å². The van der Waals surface area contributed by atoms with Crippen LogP contribution in [-0.2, 0) is 4.79 Å². The van der Waals surface area contributed by atoms with Crippen molar-refractivity contribution in [1.29, 1.82) is 0 Å². The van der Waals surface area contributed by atoms with Crippen LogP contribution in [0, 0.1) is 10.1 Å². The Bertz CT molecular complexity index is 422. The molecular weight excluding hydrogens is 280 g/mol. The van der Waals surface area contributed by atoms with E-state index in [2.05, 4.69) is 21.2 Å². The molecule has 6 nitrogen and oxygen atoms in total. The molecule has 86 valence electrons. The number of hydrogen-bond donors (Lipinski definition) is 2. The van der Waals surface area contributed by atoms with Gasteiger partial charge in [0.25, 0.3) is 5.69 Å². The third-order valence-corrected chi connectivity index (χ3v) is 2.20. The number of nitro groups is 1. The molecule has 0 aliphatic heterocycles. The van der Waals surface area contributed by atoms with E-state index in [0.29, 0.717) is 5.33 Å². The number of anilines is 1. The summed E-state index contributed by atoms with van der Waals surface area (Å²) in [5.74, 6) is -0.724. The number of para-hydroxylation sites is 1. The Morgan fingerprint density at radius 1 is 1.56 bits per heavy atom. The van der Waals surface area contributed by atoms with E-state index in [-0.39, 0.29) is 23.5 Å². The van der Waals surface area contributed by atoms with Gasteiger partial charge in [0.1, 0.15) is 5.75 Å². The van der Waals surface area contributed by atoms with Gasteiger partial charge in [0.2, 0.25) is 5.91 Å². The number of aromatic hydroxyl groups is 1. The number of nitrogens with zero attached hydrogens (tertiary/aromatic N) is 1. The van der Waals surface area contributed by atoms with E-state index in [1.807, 2.05) is 0 Å². The summed E-state index contributed by atoms with van der Waals surface area (Å²) in [6, 6.07) is 3.83. The molecule has 16 heavy (non-hydrogen) atoms. The van der Waals surface area contributed by atoms with Gasteiger partial charge in [-0.3, -0.25) is 14.9 Å². The fourth-order valence-corrected chi connectivity index (χ4v) is 1.46. The second kappa shape index (κ2) is 5.45. The second-order valence-corrected chi connectivity index (χ2v) is 3.71. The third kappa shape index (κ3) is 2.93. The molecule has 0 unspecified atom stereocenters. The first-order chi connectivity index (χ1) is 7.56. The maximum absolute atomic E-state index is 11.3. The largest absolute Gasteiger partial charge is 0.505 e. The van der Waals surface area contributed by atoms with Gasteiger partial charge in [-0.25, -0.2) is 0 Å². The molecule has 1 aromatic rings. The van der Waals surface area contributed by atoms with Crippen LogP contribution < -0.4 is 5.32 Å². The summed E-state index contributed by atoms with van der Waals surface area (Å²) in [5, 5.41) is 22.8. The maximum atomic E-state index is 11.3. The molecule has 1 amide bonds. The lowest BCUT2D eigenvalue weighted by Gasteiger charge is -2.06. The van der Waals surface area contributed by atoms with Crippen molar-refractivity contribution < 1.29 is 14.8 Å². The van der Waals surface area contributed by atoms with Gasteiger partial charge in [-0.1, -0.05) is 22.0 Å². The minimum atomic E-state index is -0.663. The molecule has 1 rings (SSSR count). The summed E-state index contributed by atoms with van der Waals surface area (Å²) < 4.78 is 0. The number of amides is 1. The molecule has 0 fully saturated rings. The van der Waals surface area contributed by atoms with Gasteiger partial charge < -0.3 is 10.4 Å². The van der Waals surface area contributed by atoms with Crippen molar-refractivity contribution in [1.82, 2.24) is 0 Å². The average Bonchev–Trinajstić information content (AvgIpc) is 2.21. The van der Waals surface area contributed by atoms with Crippen LogP contribution in [0.3, 0.4) is 0 Å². The topological polar surface area (TPSA) is 92.5 Å². The van der Waals surface area contributed by atoms with E-state index in [0.717, 1.165) is 0 Å². The number of nitro benzene ring substituents is 1. The predicted octanol–water partition coefficient (Wildman–Crippen LogP) is 2.02. The number of carbonyl (C=O) groups excluding carboxylic acids is 1. The molecule has 0 radical (unpaired) electrons. The van der Waals surface area contributed by atoms with Gasteiger partial charge in [-0.15, -0.1) is 0 Å². The lowest BCUT2D eigenvalue weighted by Crippen LogP contribution is -2.13. The minimum absolute atomic E-state index is 0.168. The standard InChI is InChI=1S/C9H9BrN2O4/c10-5-4-8(14)11-9-6(12(15)16)2-1-3-7(9)13/h1-3,13H,4-5H2,(H,11,14). The van der Waals surface area contributed by atoms with Crippen LogP contribution in [0.4, 0.5) is 11.4 Å². The van der Waals surface area contributed by atoms with Crippen molar-refractivity contribution in [3.63, 3.8) is 0 Å². The highest BCUT2D eigenvalue weighted by molar-refractivity contribution is 9.09. The molecule has 0 aliphatic rings. The van der Waals surface area contributed by atoms with E-state index >= 15 is 0 Å². The van der Waals surface area contributed by atoms with E-state index in [9.17, 15) is 20.0 Å². The van der Waals surface area contributed by atoms with Gasteiger partial charge in [0, 0.05) is 17.8 Å². The maximum Gasteiger partial charge on any atom is 0.296 e. The molecule has 1 aromatic carbocycles. The van der Waals surface area contributed by atoms with Gasteiger partial charge in [0.15, 0.2) is 5.69 Å². The number of benzene rings is 1. The van der Waals surface area contributed by atoms with Crippen molar-refractivity contribution in [3.05, 3.63) is 28.3 Å². The summed E-state index contributed by atoms with van der Waals surface area (Å²) in [7, 11) is 0. The molecule has 0 atom stereocenters. The van der Waals surface area contributed by atoms with Crippen LogP contribution in [-0.4, -0.2) is 21.3 Å². The molecule has 0 spiro atoms. The molecule has 0 aromatic heterocycles. The summed E-state index contributed by atoms with van der Waals surface area (Å²) in [6.07, 6.45) is 0.172. The van der Waals surface area contributed by atoms with Gasteiger partial charge >= 0.3 is 0 Å². The monoisotopic (exact) mass is 288 g/mol. The predicted molar refractivity (Wildman–Crippen MR) is 61.8 cm³/mol.